The topological polar surface area (TPSA) is 55.3 Å². The molecule has 0 atom stereocenters. The zero-order valence-electron chi connectivity index (χ0n) is 17.5. The minimum absolute atomic E-state index is 0. The van der Waals surface area contributed by atoms with Gasteiger partial charge in [-0.1, -0.05) is 12.1 Å². The van der Waals surface area contributed by atoms with Crippen molar-refractivity contribution in [3.63, 3.8) is 0 Å². The first-order chi connectivity index (χ1) is 13.5. The van der Waals surface area contributed by atoms with Gasteiger partial charge in [0, 0.05) is 27.2 Å². The van der Waals surface area contributed by atoms with Crippen molar-refractivity contribution in [1.82, 2.24) is 10.2 Å². The van der Waals surface area contributed by atoms with Gasteiger partial charge in [0.15, 0.2) is 29.0 Å². The zero-order chi connectivity index (χ0) is 20.5. The smallest absolute Gasteiger partial charge is 0.193 e. The molecule has 0 amide bonds. The lowest BCUT2D eigenvalue weighted by Crippen LogP contribution is -2.39. The predicted octanol–water partition coefficient (Wildman–Crippen LogP) is 3.72. The molecule has 2 rings (SSSR count). The van der Waals surface area contributed by atoms with Crippen LogP contribution in [0.5, 0.6) is 17.2 Å². The van der Waals surface area contributed by atoms with E-state index in [2.05, 4.69) is 10.3 Å². The average Bonchev–Trinajstić information content (AvgIpc) is 2.72. The van der Waals surface area contributed by atoms with Gasteiger partial charge in [0.2, 0.25) is 0 Å². The molecule has 0 fully saturated rings. The van der Waals surface area contributed by atoms with Crippen LogP contribution in [0.1, 0.15) is 11.1 Å². The maximum atomic E-state index is 13.8. The molecule has 8 heteroatoms. The van der Waals surface area contributed by atoms with Crippen LogP contribution in [0.25, 0.3) is 0 Å². The summed E-state index contributed by atoms with van der Waals surface area (Å²) < 4.78 is 29.4. The van der Waals surface area contributed by atoms with Gasteiger partial charge in [-0.05, 0) is 41.8 Å². The molecule has 0 aromatic heterocycles. The van der Waals surface area contributed by atoms with Crippen LogP contribution < -0.4 is 19.5 Å². The fourth-order valence-electron chi connectivity index (χ4n) is 2.82. The number of halogens is 2. The number of hydrogen-bond acceptors (Lipinski definition) is 4. The second kappa shape index (κ2) is 12.4. The van der Waals surface area contributed by atoms with Gasteiger partial charge in [-0.3, -0.25) is 4.99 Å². The van der Waals surface area contributed by atoms with Crippen LogP contribution in [0, 0.1) is 5.82 Å². The fourth-order valence-corrected chi connectivity index (χ4v) is 2.82. The van der Waals surface area contributed by atoms with Crippen molar-refractivity contribution < 1.29 is 18.6 Å². The highest BCUT2D eigenvalue weighted by molar-refractivity contribution is 14.0. The Hall–Kier alpha value is -2.23. The number of aliphatic imine (C=N–C) groups is 1. The first-order valence-electron chi connectivity index (χ1n) is 8.97. The SMILES string of the molecule is CN=C(NCc1ccc(OC)c(F)c1)N(C)CCc1ccc(OC)c(OC)c1.I. The van der Waals surface area contributed by atoms with E-state index in [0.717, 1.165) is 30.1 Å². The van der Waals surface area contributed by atoms with Gasteiger partial charge in [0.25, 0.3) is 0 Å². The summed E-state index contributed by atoms with van der Waals surface area (Å²) in [5, 5.41) is 3.25. The summed E-state index contributed by atoms with van der Waals surface area (Å²) >= 11 is 0. The Morgan fingerprint density at radius 1 is 0.966 bits per heavy atom. The van der Waals surface area contributed by atoms with Crippen molar-refractivity contribution in [3.05, 3.63) is 53.3 Å². The van der Waals surface area contributed by atoms with Crippen molar-refractivity contribution in [3.8, 4) is 17.2 Å². The van der Waals surface area contributed by atoms with E-state index in [1.54, 1.807) is 27.3 Å². The van der Waals surface area contributed by atoms with Gasteiger partial charge in [0.1, 0.15) is 0 Å². The summed E-state index contributed by atoms with van der Waals surface area (Å²) in [6, 6.07) is 10.8. The molecule has 6 nitrogen and oxygen atoms in total. The monoisotopic (exact) mass is 517 g/mol. The molecule has 0 saturated carbocycles. The summed E-state index contributed by atoms with van der Waals surface area (Å²) in [5.74, 6) is 2.02. The number of methoxy groups -OCH3 is 3. The summed E-state index contributed by atoms with van der Waals surface area (Å²) in [6.45, 7) is 1.22. The number of nitrogens with zero attached hydrogens (tertiary/aromatic N) is 2. The third-order valence-electron chi connectivity index (χ3n) is 4.42. The number of nitrogens with one attached hydrogen (secondary N) is 1. The molecular weight excluding hydrogens is 488 g/mol. The largest absolute Gasteiger partial charge is 0.494 e. The van der Waals surface area contributed by atoms with E-state index in [1.807, 2.05) is 36.2 Å². The molecule has 0 radical (unpaired) electrons. The van der Waals surface area contributed by atoms with Crippen LogP contribution in [0.3, 0.4) is 0 Å². The van der Waals surface area contributed by atoms with Crippen LogP contribution in [-0.2, 0) is 13.0 Å². The number of likely N-dealkylation sites (N-methyl/N-ethyl adjacent to an activating group) is 1. The Kier molecular flexibility index (Phi) is 10.6. The van der Waals surface area contributed by atoms with Crippen molar-refractivity contribution >= 4 is 29.9 Å². The second-order valence-corrected chi connectivity index (χ2v) is 6.23. The van der Waals surface area contributed by atoms with E-state index < -0.39 is 0 Å². The van der Waals surface area contributed by atoms with E-state index >= 15 is 0 Å². The highest BCUT2D eigenvalue weighted by Crippen LogP contribution is 2.27. The third-order valence-corrected chi connectivity index (χ3v) is 4.42. The number of rotatable bonds is 8. The molecule has 0 saturated heterocycles. The van der Waals surface area contributed by atoms with E-state index in [9.17, 15) is 4.39 Å². The van der Waals surface area contributed by atoms with E-state index in [1.165, 1.54) is 13.2 Å². The van der Waals surface area contributed by atoms with E-state index in [-0.39, 0.29) is 35.5 Å². The van der Waals surface area contributed by atoms with Gasteiger partial charge in [-0.15, -0.1) is 24.0 Å². The molecule has 0 aliphatic heterocycles. The lowest BCUT2D eigenvalue weighted by atomic mass is 10.1. The molecule has 0 heterocycles. The number of benzene rings is 2. The van der Waals surface area contributed by atoms with Gasteiger partial charge in [-0.25, -0.2) is 4.39 Å². The van der Waals surface area contributed by atoms with E-state index in [4.69, 9.17) is 14.2 Å². The Morgan fingerprint density at radius 3 is 2.17 bits per heavy atom. The molecule has 0 spiro atoms. The highest BCUT2D eigenvalue weighted by atomic mass is 127. The Balaban J connectivity index is 0.00000420. The summed E-state index contributed by atoms with van der Waals surface area (Å²) in [6.07, 6.45) is 0.814. The normalized spacial score (nSPS) is 10.8. The quantitative estimate of drug-likeness (QED) is 0.329. The lowest BCUT2D eigenvalue weighted by molar-refractivity contribution is 0.354. The molecule has 2 aromatic rings. The molecule has 160 valence electrons. The third kappa shape index (κ3) is 6.95. The Morgan fingerprint density at radius 2 is 1.59 bits per heavy atom. The summed E-state index contributed by atoms with van der Waals surface area (Å²) in [5.41, 5.74) is 1.95. The second-order valence-electron chi connectivity index (χ2n) is 6.23. The molecular formula is C21H29FIN3O3. The molecule has 0 aliphatic rings. The minimum atomic E-state index is -0.376. The average molecular weight is 517 g/mol. The van der Waals surface area contributed by atoms with Crippen molar-refractivity contribution in [2.75, 3.05) is 42.0 Å². The van der Waals surface area contributed by atoms with Crippen LogP contribution >= 0.6 is 24.0 Å². The highest BCUT2D eigenvalue weighted by Gasteiger charge is 2.09. The van der Waals surface area contributed by atoms with Gasteiger partial charge in [-0.2, -0.15) is 0 Å². The van der Waals surface area contributed by atoms with Gasteiger partial charge < -0.3 is 24.4 Å². The molecule has 0 aliphatic carbocycles. The molecule has 0 bridgehead atoms. The minimum Gasteiger partial charge on any atom is -0.494 e. The summed E-state index contributed by atoms with van der Waals surface area (Å²) in [7, 11) is 8.39. The standard InChI is InChI=1S/C21H28FN3O3.HI/c1-23-21(24-14-16-7-8-18(26-3)17(22)12-16)25(2)11-10-15-6-9-19(27-4)20(13-15)28-5;/h6-9,12-13H,10-11,14H2,1-5H3,(H,23,24);1H. The van der Waals surface area contributed by atoms with Crippen molar-refractivity contribution in [2.45, 2.75) is 13.0 Å². The number of guanidine groups is 1. The van der Waals surface area contributed by atoms with Crippen molar-refractivity contribution in [1.29, 1.82) is 0 Å². The molecule has 2 aromatic carbocycles. The van der Waals surface area contributed by atoms with Crippen LogP contribution in [0.4, 0.5) is 4.39 Å². The maximum absolute atomic E-state index is 13.8. The first-order valence-corrected chi connectivity index (χ1v) is 8.97. The maximum Gasteiger partial charge on any atom is 0.193 e. The first kappa shape index (κ1) is 24.8. The van der Waals surface area contributed by atoms with Gasteiger partial charge >= 0.3 is 0 Å². The van der Waals surface area contributed by atoms with Crippen LogP contribution in [0.15, 0.2) is 41.4 Å². The molecule has 0 unspecified atom stereocenters. The Labute approximate surface area is 189 Å². The predicted molar refractivity (Wildman–Crippen MR) is 124 cm³/mol. The van der Waals surface area contributed by atoms with Gasteiger partial charge in [0.05, 0.1) is 21.3 Å². The fraction of sp³-hybridized carbons (Fsp3) is 0.381. The Bertz CT molecular complexity index is 818. The molecule has 1 N–H and O–H groups in total. The van der Waals surface area contributed by atoms with E-state index in [0.29, 0.717) is 18.0 Å². The zero-order valence-corrected chi connectivity index (χ0v) is 19.8. The summed E-state index contributed by atoms with van der Waals surface area (Å²) in [4.78, 5) is 6.33. The van der Waals surface area contributed by atoms with Crippen LogP contribution in [-0.4, -0.2) is 52.8 Å². The van der Waals surface area contributed by atoms with Crippen molar-refractivity contribution in [2.24, 2.45) is 4.99 Å². The number of hydrogen-bond donors (Lipinski definition) is 1. The number of ether oxygens (including phenoxy) is 3. The lowest BCUT2D eigenvalue weighted by Gasteiger charge is -2.22. The van der Waals surface area contributed by atoms with Crippen LogP contribution in [0.2, 0.25) is 0 Å². The molecule has 29 heavy (non-hydrogen) atoms.